The number of benzene rings is 1. The number of likely N-dealkylation sites (N-methyl/N-ethyl adjacent to an activating group) is 1. The molecule has 4 heterocycles. The second-order valence-corrected chi connectivity index (χ2v) is 12.0. The molecule has 0 spiro atoms. The Balaban J connectivity index is 1.30. The van der Waals surface area contributed by atoms with Crippen LogP contribution in [0.15, 0.2) is 48.9 Å². The van der Waals surface area contributed by atoms with Gasteiger partial charge in [-0.2, -0.15) is 9.61 Å². The van der Waals surface area contributed by atoms with E-state index >= 15 is 8.78 Å². The van der Waals surface area contributed by atoms with Gasteiger partial charge in [-0.15, -0.1) is 0 Å². The number of nitrogens with one attached hydrogen (secondary N) is 1. The lowest BCUT2D eigenvalue weighted by Crippen LogP contribution is -2.62. The summed E-state index contributed by atoms with van der Waals surface area (Å²) < 4.78 is 38.4. The van der Waals surface area contributed by atoms with Crippen molar-refractivity contribution in [3.8, 4) is 11.3 Å². The Morgan fingerprint density at radius 2 is 1.86 bits per heavy atom. The molecule has 10 nitrogen and oxygen atoms in total. The first-order chi connectivity index (χ1) is 21.1. The van der Waals surface area contributed by atoms with Crippen LogP contribution in [0.1, 0.15) is 45.1 Å². The van der Waals surface area contributed by atoms with E-state index in [1.165, 1.54) is 16.6 Å². The van der Waals surface area contributed by atoms with E-state index in [0.717, 1.165) is 31.4 Å². The number of nitrogens with zero attached hydrogens (tertiary/aromatic N) is 6. The molecule has 232 valence electrons. The maximum Gasteiger partial charge on any atom is 0.229 e. The highest BCUT2D eigenvalue weighted by Crippen LogP contribution is 2.43. The van der Waals surface area contributed by atoms with Crippen molar-refractivity contribution in [1.82, 2.24) is 24.5 Å². The normalized spacial score (nSPS) is 21.5. The fourth-order valence-electron chi connectivity index (χ4n) is 7.01. The number of methoxy groups -OCH3 is 1. The summed E-state index contributed by atoms with van der Waals surface area (Å²) in [4.78, 5) is 24.7. The van der Waals surface area contributed by atoms with Gasteiger partial charge in [-0.1, -0.05) is 19.8 Å². The number of amides is 1. The van der Waals surface area contributed by atoms with E-state index in [0.29, 0.717) is 35.8 Å². The first-order valence-corrected chi connectivity index (χ1v) is 15.0. The molecule has 1 amide bonds. The summed E-state index contributed by atoms with van der Waals surface area (Å²) >= 11 is 0. The van der Waals surface area contributed by atoms with Gasteiger partial charge >= 0.3 is 0 Å². The minimum atomic E-state index is -0.691. The van der Waals surface area contributed by atoms with Gasteiger partial charge in [0, 0.05) is 46.4 Å². The molecule has 1 aliphatic heterocycles. The topological polar surface area (TPSA) is 114 Å². The molecule has 3 N–H and O–H groups in total. The zero-order valence-corrected chi connectivity index (χ0v) is 25.4. The smallest absolute Gasteiger partial charge is 0.229 e. The molecule has 4 aromatic rings. The lowest BCUT2D eigenvalue weighted by molar-refractivity contribution is -0.131. The van der Waals surface area contributed by atoms with Crippen molar-refractivity contribution >= 4 is 28.7 Å². The van der Waals surface area contributed by atoms with Crippen LogP contribution in [-0.4, -0.2) is 69.7 Å². The number of imidazole rings is 1. The number of ether oxygens (including phenoxy) is 1. The molecule has 2 fully saturated rings. The zero-order chi connectivity index (χ0) is 31.2. The number of rotatable bonds is 7. The lowest BCUT2D eigenvalue weighted by Gasteiger charge is -2.46. The zero-order valence-electron chi connectivity index (χ0n) is 25.4. The van der Waals surface area contributed by atoms with Crippen LogP contribution >= 0.6 is 0 Å². The molecule has 3 unspecified atom stereocenters. The number of nitrogens with two attached hydrogens (primary N) is 1. The maximum atomic E-state index is 15.6. The first kappa shape index (κ1) is 29.9. The van der Waals surface area contributed by atoms with Crippen LogP contribution in [0.3, 0.4) is 0 Å². The molecular weight excluding hydrogens is 566 g/mol. The highest BCUT2D eigenvalue weighted by atomic mass is 19.1. The van der Waals surface area contributed by atoms with Crippen molar-refractivity contribution in [1.29, 1.82) is 0 Å². The molecule has 0 radical (unpaired) electrons. The largest absolute Gasteiger partial charge is 0.374 e. The Kier molecular flexibility index (Phi) is 7.97. The van der Waals surface area contributed by atoms with Crippen molar-refractivity contribution in [2.24, 2.45) is 11.7 Å². The molecule has 12 heteroatoms. The second kappa shape index (κ2) is 11.7. The highest BCUT2D eigenvalue weighted by molar-refractivity contribution is 5.75. The summed E-state index contributed by atoms with van der Waals surface area (Å²) in [5, 5.41) is 7.91. The monoisotopic (exact) mass is 604 g/mol. The number of anilines is 3. The van der Waals surface area contributed by atoms with Crippen LogP contribution < -0.4 is 16.0 Å². The van der Waals surface area contributed by atoms with Gasteiger partial charge in [-0.25, -0.2) is 13.8 Å². The van der Waals surface area contributed by atoms with Gasteiger partial charge in [-0.05, 0) is 54.7 Å². The van der Waals surface area contributed by atoms with E-state index in [1.54, 1.807) is 56.7 Å². The molecule has 0 bridgehead atoms. The standard InChI is InChI=1S/C32H38F2N8O2/c1-19-17-41(18-25(35)30(19)40(3)20(2)43)28-9-12-36-16-27(28)38-31-37-15-22-7-8-26(39-42(22)31)29-23(33)13-21(14-24(29)34)32(44-4)10-5-6-11-32/h7-9,12-16,19,25,30H,5-6,10-11,17-18,35H2,1-4H3,(H,37,38). The number of piperidine rings is 1. The van der Waals surface area contributed by atoms with Crippen LogP contribution in [-0.2, 0) is 15.1 Å². The number of halogens is 2. The van der Waals surface area contributed by atoms with E-state index in [1.807, 2.05) is 6.07 Å². The fourth-order valence-corrected chi connectivity index (χ4v) is 7.01. The van der Waals surface area contributed by atoms with Crippen molar-refractivity contribution < 1.29 is 18.3 Å². The third-order valence-corrected chi connectivity index (χ3v) is 9.30. The molecule has 3 aromatic heterocycles. The molecule has 1 aliphatic carbocycles. The van der Waals surface area contributed by atoms with E-state index in [9.17, 15) is 4.79 Å². The maximum absolute atomic E-state index is 15.6. The van der Waals surface area contributed by atoms with Gasteiger partial charge in [0.1, 0.15) is 11.6 Å². The Bertz CT molecular complexity index is 1650. The van der Waals surface area contributed by atoms with Crippen LogP contribution in [0.2, 0.25) is 0 Å². The van der Waals surface area contributed by atoms with Gasteiger partial charge < -0.3 is 25.6 Å². The average Bonchev–Trinajstić information content (AvgIpc) is 3.65. The number of carbonyl (C=O) groups excluding carboxylic acids is 1. The minimum absolute atomic E-state index is 0.0153. The summed E-state index contributed by atoms with van der Waals surface area (Å²) in [5.41, 5.74) is 8.55. The quantitative estimate of drug-likeness (QED) is 0.308. The molecule has 44 heavy (non-hydrogen) atoms. The molecular formula is C32H38F2N8O2. The molecule has 1 saturated heterocycles. The Labute approximate surface area is 255 Å². The van der Waals surface area contributed by atoms with Crippen LogP contribution in [0, 0.1) is 17.6 Å². The lowest BCUT2D eigenvalue weighted by atomic mass is 9.88. The minimum Gasteiger partial charge on any atom is -0.374 e. The van der Waals surface area contributed by atoms with E-state index in [4.69, 9.17) is 10.5 Å². The predicted molar refractivity (Wildman–Crippen MR) is 165 cm³/mol. The number of aromatic nitrogens is 4. The summed E-state index contributed by atoms with van der Waals surface area (Å²) in [7, 11) is 3.39. The predicted octanol–water partition coefficient (Wildman–Crippen LogP) is 4.86. The SMILES string of the molecule is COC1(c2cc(F)c(-c3ccc4cnc(Nc5cnccc5N5CC(C)C(N(C)C(C)=O)C(N)C5)n4n3)c(F)c2)CCCC1. The van der Waals surface area contributed by atoms with Crippen molar-refractivity contribution in [2.75, 3.05) is 37.5 Å². The molecule has 2 aliphatic rings. The number of pyridine rings is 1. The van der Waals surface area contributed by atoms with E-state index in [2.05, 4.69) is 32.2 Å². The van der Waals surface area contributed by atoms with Crippen LogP contribution in [0.5, 0.6) is 0 Å². The fraction of sp³-hybridized carbons (Fsp3) is 0.438. The second-order valence-electron chi connectivity index (χ2n) is 12.0. The van der Waals surface area contributed by atoms with Crippen LogP contribution in [0.25, 0.3) is 16.8 Å². The molecule has 1 aromatic carbocycles. The van der Waals surface area contributed by atoms with Crippen LogP contribution in [0.4, 0.5) is 26.1 Å². The van der Waals surface area contributed by atoms with Gasteiger partial charge in [0.2, 0.25) is 11.9 Å². The first-order valence-electron chi connectivity index (χ1n) is 15.0. The summed E-state index contributed by atoms with van der Waals surface area (Å²) in [6.45, 7) is 4.86. The van der Waals surface area contributed by atoms with Gasteiger partial charge in [0.15, 0.2) is 0 Å². The third-order valence-electron chi connectivity index (χ3n) is 9.30. The number of hydrogen-bond acceptors (Lipinski definition) is 8. The third kappa shape index (κ3) is 5.26. The Hall–Kier alpha value is -4.16. The average molecular weight is 605 g/mol. The number of fused-ring (bicyclic) bond motifs is 1. The Morgan fingerprint density at radius 1 is 1.14 bits per heavy atom. The van der Waals surface area contributed by atoms with Crippen molar-refractivity contribution in [2.45, 2.75) is 57.2 Å². The molecule has 1 saturated carbocycles. The summed E-state index contributed by atoms with van der Waals surface area (Å²) in [6, 6.07) is 7.62. The van der Waals surface area contributed by atoms with E-state index in [-0.39, 0.29) is 35.2 Å². The molecule has 3 atom stereocenters. The Morgan fingerprint density at radius 3 is 2.52 bits per heavy atom. The van der Waals surface area contributed by atoms with Crippen molar-refractivity contribution in [3.63, 3.8) is 0 Å². The highest BCUT2D eigenvalue weighted by Gasteiger charge is 2.38. The van der Waals surface area contributed by atoms with Crippen molar-refractivity contribution in [3.05, 3.63) is 66.1 Å². The van der Waals surface area contributed by atoms with Gasteiger partial charge in [0.25, 0.3) is 0 Å². The summed E-state index contributed by atoms with van der Waals surface area (Å²) in [6.07, 6.45) is 8.39. The molecule has 6 rings (SSSR count). The number of hydrogen-bond donors (Lipinski definition) is 2. The van der Waals surface area contributed by atoms with Gasteiger partial charge in [-0.3, -0.25) is 9.78 Å². The van der Waals surface area contributed by atoms with Gasteiger partial charge in [0.05, 0.1) is 52.2 Å². The number of carbonyl (C=O) groups is 1. The summed E-state index contributed by atoms with van der Waals surface area (Å²) in [5.74, 6) is -0.916. The van der Waals surface area contributed by atoms with E-state index < -0.39 is 17.2 Å².